The Morgan fingerprint density at radius 1 is 1.43 bits per heavy atom. The quantitative estimate of drug-likeness (QED) is 0.622. The predicted molar refractivity (Wildman–Crippen MR) is 97.6 cm³/mol. The smallest absolute Gasteiger partial charge is 0.320 e. The monoisotopic (exact) mass is 338 g/mol. The van der Waals surface area contributed by atoms with Crippen molar-refractivity contribution < 1.29 is 4.79 Å². The molecule has 0 spiro atoms. The van der Waals surface area contributed by atoms with Gasteiger partial charge in [0.2, 0.25) is 0 Å². The van der Waals surface area contributed by atoms with Gasteiger partial charge < -0.3 is 5.32 Å². The molecule has 130 valence electrons. The second kappa shape index (κ2) is 11.3. The summed E-state index contributed by atoms with van der Waals surface area (Å²) in [5.41, 5.74) is 0. The second-order valence-electron chi connectivity index (χ2n) is 6.20. The fraction of sp³-hybridized carbons (Fsp3) is 0.824. The van der Waals surface area contributed by atoms with Crippen molar-refractivity contribution in [3.05, 3.63) is 0 Å². The number of unbranched alkanes of at least 4 members (excludes halogenated alkanes) is 2. The summed E-state index contributed by atoms with van der Waals surface area (Å²) in [7, 11) is 0. The molecule has 0 saturated heterocycles. The topological polar surface area (TPSA) is 77.3 Å². The van der Waals surface area contributed by atoms with Crippen molar-refractivity contribution >= 4 is 23.0 Å². The Morgan fingerprint density at radius 3 is 2.87 bits per heavy atom. The van der Waals surface area contributed by atoms with Crippen molar-refractivity contribution in [1.82, 2.24) is 10.6 Å². The van der Waals surface area contributed by atoms with Gasteiger partial charge in [-0.05, 0) is 31.6 Å². The van der Waals surface area contributed by atoms with Gasteiger partial charge in [-0.1, -0.05) is 45.4 Å². The molecule has 1 aliphatic heterocycles. The molecule has 0 aromatic heterocycles. The van der Waals surface area contributed by atoms with Crippen LogP contribution < -0.4 is 10.6 Å². The lowest BCUT2D eigenvalue weighted by atomic mass is 10.1. The van der Waals surface area contributed by atoms with Gasteiger partial charge in [0, 0.05) is 18.2 Å². The highest BCUT2D eigenvalue weighted by Gasteiger charge is 2.29. The van der Waals surface area contributed by atoms with Crippen LogP contribution in [0.2, 0.25) is 0 Å². The normalized spacial score (nSPS) is 21.4. The summed E-state index contributed by atoms with van der Waals surface area (Å²) in [4.78, 5) is 16.6. The number of carbonyl (C=O) groups excluding carboxylic acids is 1. The molecule has 1 heterocycles. The van der Waals surface area contributed by atoms with Gasteiger partial charge in [0.1, 0.15) is 0 Å². The third-order valence-corrected chi connectivity index (χ3v) is 5.43. The van der Waals surface area contributed by atoms with Gasteiger partial charge in [-0.15, -0.1) is 0 Å². The van der Waals surface area contributed by atoms with E-state index in [-0.39, 0.29) is 12.1 Å². The summed E-state index contributed by atoms with van der Waals surface area (Å²) in [6.45, 7) is 7.19. The number of carbonyl (C=O) groups is 1. The number of nitrogens with one attached hydrogen (secondary N) is 2. The Hall–Kier alpha value is -1.22. The molecule has 0 aromatic rings. The number of rotatable bonds is 9. The third kappa shape index (κ3) is 7.74. The van der Waals surface area contributed by atoms with E-state index in [0.717, 1.165) is 30.9 Å². The first-order chi connectivity index (χ1) is 11.1. The first-order valence-corrected chi connectivity index (χ1v) is 9.64. The Bertz CT molecular complexity index is 433. The van der Waals surface area contributed by atoms with Crippen LogP contribution in [-0.4, -0.2) is 29.0 Å². The van der Waals surface area contributed by atoms with Gasteiger partial charge in [0.05, 0.1) is 12.1 Å². The molecular weight excluding hydrogens is 308 g/mol. The van der Waals surface area contributed by atoms with Crippen LogP contribution in [0.5, 0.6) is 0 Å². The van der Waals surface area contributed by atoms with Crippen molar-refractivity contribution in [1.29, 1.82) is 5.26 Å². The van der Waals surface area contributed by atoms with Crippen LogP contribution in [-0.2, 0) is 0 Å². The summed E-state index contributed by atoms with van der Waals surface area (Å²) in [6.07, 6.45) is 6.92. The maximum Gasteiger partial charge on any atom is 0.320 e. The molecule has 0 fully saturated rings. The Balaban J connectivity index is 2.36. The van der Waals surface area contributed by atoms with Crippen LogP contribution >= 0.6 is 11.8 Å². The highest BCUT2D eigenvalue weighted by Crippen LogP contribution is 2.31. The number of amidine groups is 1. The molecule has 1 aliphatic rings. The van der Waals surface area contributed by atoms with E-state index in [4.69, 9.17) is 5.26 Å². The molecule has 3 atom stereocenters. The van der Waals surface area contributed by atoms with Gasteiger partial charge in [0.15, 0.2) is 5.17 Å². The minimum Gasteiger partial charge on any atom is -0.338 e. The minimum atomic E-state index is -0.160. The molecule has 5 nitrogen and oxygen atoms in total. The zero-order valence-corrected chi connectivity index (χ0v) is 15.4. The van der Waals surface area contributed by atoms with Gasteiger partial charge in [-0.3, -0.25) is 10.3 Å². The number of hydrogen-bond donors (Lipinski definition) is 2. The number of nitrogens with zero attached hydrogens (tertiary/aromatic N) is 2. The van der Waals surface area contributed by atoms with E-state index in [1.165, 1.54) is 12.8 Å². The largest absolute Gasteiger partial charge is 0.338 e. The highest BCUT2D eigenvalue weighted by molar-refractivity contribution is 8.14. The lowest BCUT2D eigenvalue weighted by molar-refractivity contribution is 0.243. The molecule has 3 unspecified atom stereocenters. The van der Waals surface area contributed by atoms with E-state index < -0.39 is 0 Å². The Labute approximate surface area is 144 Å². The molecule has 0 aromatic carbocycles. The van der Waals surface area contributed by atoms with Crippen LogP contribution in [0.25, 0.3) is 0 Å². The number of urea groups is 1. The third-order valence-electron chi connectivity index (χ3n) is 4.05. The average molecular weight is 339 g/mol. The average Bonchev–Trinajstić information content (AvgIpc) is 2.93. The van der Waals surface area contributed by atoms with E-state index in [1.807, 2.05) is 0 Å². The minimum absolute atomic E-state index is 0.160. The van der Waals surface area contributed by atoms with Crippen molar-refractivity contribution in [2.75, 3.05) is 6.54 Å². The van der Waals surface area contributed by atoms with E-state index in [0.29, 0.717) is 24.1 Å². The van der Waals surface area contributed by atoms with Crippen molar-refractivity contribution in [2.45, 2.75) is 77.0 Å². The predicted octanol–water partition coefficient (Wildman–Crippen LogP) is 4.06. The van der Waals surface area contributed by atoms with E-state index in [2.05, 4.69) is 42.5 Å². The molecule has 6 heteroatoms. The summed E-state index contributed by atoms with van der Waals surface area (Å²) in [5, 5.41) is 15.6. The highest BCUT2D eigenvalue weighted by atomic mass is 32.2. The number of nitriles is 1. The molecule has 2 N–H and O–H groups in total. The first kappa shape index (κ1) is 19.8. The maximum absolute atomic E-state index is 12.0. The fourth-order valence-corrected chi connectivity index (χ4v) is 3.76. The van der Waals surface area contributed by atoms with Crippen molar-refractivity contribution in [2.24, 2.45) is 10.9 Å². The molecule has 0 aliphatic carbocycles. The SMILES string of the molecule is CCCCC(C)CNC(=O)NC1=NC(CCCC#N)C(CC)S1. The van der Waals surface area contributed by atoms with Crippen LogP contribution in [0.1, 0.15) is 65.7 Å². The summed E-state index contributed by atoms with van der Waals surface area (Å²) >= 11 is 1.65. The molecule has 0 saturated carbocycles. The second-order valence-corrected chi connectivity index (χ2v) is 7.43. The first-order valence-electron chi connectivity index (χ1n) is 8.76. The molecule has 2 amide bonds. The van der Waals surface area contributed by atoms with E-state index in [1.54, 1.807) is 11.8 Å². The van der Waals surface area contributed by atoms with E-state index in [9.17, 15) is 4.79 Å². The molecule has 1 rings (SSSR count). The van der Waals surface area contributed by atoms with Gasteiger partial charge in [-0.25, -0.2) is 4.79 Å². The van der Waals surface area contributed by atoms with Crippen LogP contribution in [0, 0.1) is 17.2 Å². The van der Waals surface area contributed by atoms with E-state index >= 15 is 0 Å². The van der Waals surface area contributed by atoms with Gasteiger partial charge in [-0.2, -0.15) is 5.26 Å². The zero-order chi connectivity index (χ0) is 17.1. The number of amides is 2. The lowest BCUT2D eigenvalue weighted by Crippen LogP contribution is -2.39. The van der Waals surface area contributed by atoms with Crippen LogP contribution in [0.3, 0.4) is 0 Å². The Morgan fingerprint density at radius 2 is 2.22 bits per heavy atom. The standard InChI is InChI=1S/C17H30N4OS/c1-4-6-9-13(3)12-19-16(22)21-17-20-14(10-7-8-11-18)15(5-2)23-17/h13-15H,4-10,12H2,1-3H3,(H2,19,20,21,22). The summed E-state index contributed by atoms with van der Waals surface area (Å²) in [5.74, 6) is 0.501. The molecule has 0 bridgehead atoms. The molecule has 0 radical (unpaired) electrons. The summed E-state index contributed by atoms with van der Waals surface area (Å²) < 4.78 is 0. The van der Waals surface area contributed by atoms with Crippen molar-refractivity contribution in [3.8, 4) is 6.07 Å². The maximum atomic E-state index is 12.0. The lowest BCUT2D eigenvalue weighted by Gasteiger charge is -2.14. The van der Waals surface area contributed by atoms with Crippen molar-refractivity contribution in [3.63, 3.8) is 0 Å². The van der Waals surface area contributed by atoms with Crippen LogP contribution in [0.4, 0.5) is 4.79 Å². The summed E-state index contributed by atoms with van der Waals surface area (Å²) in [6, 6.07) is 2.23. The number of hydrogen-bond acceptors (Lipinski definition) is 4. The zero-order valence-electron chi connectivity index (χ0n) is 14.6. The Kier molecular flexibility index (Phi) is 9.77. The molecular formula is C17H30N4OS. The number of aliphatic imine (C=N–C) groups is 1. The van der Waals surface area contributed by atoms with Gasteiger partial charge >= 0.3 is 6.03 Å². The fourth-order valence-electron chi connectivity index (χ4n) is 2.61. The molecule has 23 heavy (non-hydrogen) atoms. The van der Waals surface area contributed by atoms with Gasteiger partial charge in [0.25, 0.3) is 0 Å². The van der Waals surface area contributed by atoms with Crippen LogP contribution in [0.15, 0.2) is 4.99 Å². The number of thioether (sulfide) groups is 1.